The van der Waals surface area contributed by atoms with Gasteiger partial charge in [0.15, 0.2) is 0 Å². The van der Waals surface area contributed by atoms with E-state index in [2.05, 4.69) is 31.7 Å². The Morgan fingerprint density at radius 2 is 1.68 bits per heavy atom. The lowest BCUT2D eigenvalue weighted by Crippen LogP contribution is -2.32. The van der Waals surface area contributed by atoms with E-state index in [4.69, 9.17) is 0 Å². The molecule has 2 N–H and O–H groups in total. The van der Waals surface area contributed by atoms with Gasteiger partial charge in [0.2, 0.25) is 0 Å². The highest BCUT2D eigenvalue weighted by atomic mass is 79.9. The van der Waals surface area contributed by atoms with Gasteiger partial charge in [-0.3, -0.25) is 14.4 Å². The second-order valence-corrected chi connectivity index (χ2v) is 6.16. The Labute approximate surface area is 153 Å². The first-order chi connectivity index (χ1) is 12.0. The van der Waals surface area contributed by atoms with Crippen LogP contribution in [0.1, 0.15) is 34.2 Å². The summed E-state index contributed by atoms with van der Waals surface area (Å²) in [5.74, 6) is -0.503. The summed E-state index contributed by atoms with van der Waals surface area (Å²) in [6.45, 7) is 3.02. The number of nitrogens with zero attached hydrogens (tertiary/aromatic N) is 2. The third-order valence-corrected chi connectivity index (χ3v) is 3.96. The number of halogens is 1. The van der Waals surface area contributed by atoms with Crippen LogP contribution in [0.4, 0.5) is 0 Å². The summed E-state index contributed by atoms with van der Waals surface area (Å²) in [7, 11) is 0. The Hall–Kier alpha value is -2.48. The molecule has 2 amide bonds. The molecule has 0 aliphatic heterocycles. The summed E-state index contributed by atoms with van der Waals surface area (Å²) < 4.78 is 2.14. The lowest BCUT2D eigenvalue weighted by molar-refractivity contribution is 0.0945. The number of carbonyl (C=O) groups excluding carboxylic acids is 2. The molecule has 25 heavy (non-hydrogen) atoms. The number of amides is 2. The van der Waals surface area contributed by atoms with Gasteiger partial charge < -0.3 is 10.6 Å². The summed E-state index contributed by atoms with van der Waals surface area (Å²) in [6, 6.07) is 9.80. The van der Waals surface area contributed by atoms with Gasteiger partial charge in [-0.2, -0.15) is 5.10 Å². The van der Waals surface area contributed by atoms with Crippen LogP contribution in [0.2, 0.25) is 0 Å². The minimum atomic E-state index is -0.346. The molecule has 132 valence electrons. The van der Waals surface area contributed by atoms with Gasteiger partial charge in [-0.1, -0.05) is 15.9 Å². The van der Waals surface area contributed by atoms with E-state index in [1.807, 2.05) is 0 Å². The third kappa shape index (κ3) is 5.53. The zero-order valence-corrected chi connectivity index (χ0v) is 15.4. The fourth-order valence-corrected chi connectivity index (χ4v) is 2.35. The second kappa shape index (κ2) is 9.12. The lowest BCUT2D eigenvalue weighted by Gasteiger charge is -2.08. The monoisotopic (exact) mass is 406 g/mol. The Bertz CT molecular complexity index is 802. The number of hydrogen-bond donors (Lipinski definition) is 2. The summed E-state index contributed by atoms with van der Waals surface area (Å²) >= 11 is 3.32. The molecule has 1 aromatic carbocycles. The molecule has 8 heteroatoms. The SMILES string of the molecule is CCn1nc(C(=O)NCCCNC(=O)c2ccc(Br)cc2)ccc1=O. The third-order valence-electron chi connectivity index (χ3n) is 3.43. The van der Waals surface area contributed by atoms with Crippen LogP contribution in [0.5, 0.6) is 0 Å². The Morgan fingerprint density at radius 3 is 2.32 bits per heavy atom. The molecule has 0 aliphatic carbocycles. The van der Waals surface area contributed by atoms with E-state index in [1.54, 1.807) is 31.2 Å². The number of aryl methyl sites for hydroxylation is 1. The minimum Gasteiger partial charge on any atom is -0.352 e. The van der Waals surface area contributed by atoms with Crippen LogP contribution in [0, 0.1) is 0 Å². The lowest BCUT2D eigenvalue weighted by atomic mass is 10.2. The first kappa shape index (κ1) is 18.9. The van der Waals surface area contributed by atoms with Crippen molar-refractivity contribution in [1.82, 2.24) is 20.4 Å². The molecule has 2 aromatic rings. The minimum absolute atomic E-state index is 0.157. The standard InChI is InChI=1S/C17H19BrN4O3/c1-2-22-15(23)9-8-14(21-22)17(25)20-11-3-10-19-16(24)12-4-6-13(18)7-5-12/h4-9H,2-3,10-11H2,1H3,(H,19,24)(H,20,25). The average Bonchev–Trinajstić information content (AvgIpc) is 2.62. The molecular weight excluding hydrogens is 388 g/mol. The van der Waals surface area contributed by atoms with Crippen LogP contribution in [-0.4, -0.2) is 34.7 Å². The topological polar surface area (TPSA) is 93.1 Å². The fourth-order valence-electron chi connectivity index (χ4n) is 2.08. The molecule has 7 nitrogen and oxygen atoms in total. The molecule has 0 spiro atoms. The molecule has 0 saturated carbocycles. The molecule has 0 atom stereocenters. The maximum atomic E-state index is 12.0. The quantitative estimate of drug-likeness (QED) is 0.682. The molecule has 0 radical (unpaired) electrons. The molecule has 0 unspecified atom stereocenters. The van der Waals surface area contributed by atoms with Crippen LogP contribution in [0.3, 0.4) is 0 Å². The van der Waals surface area contributed by atoms with Crippen molar-refractivity contribution in [3.63, 3.8) is 0 Å². The fraction of sp³-hybridized carbons (Fsp3) is 0.294. The van der Waals surface area contributed by atoms with Gasteiger partial charge in [-0.15, -0.1) is 0 Å². The van der Waals surface area contributed by atoms with E-state index < -0.39 is 0 Å². The first-order valence-corrected chi connectivity index (χ1v) is 8.70. The number of rotatable bonds is 7. The van der Waals surface area contributed by atoms with Crippen molar-refractivity contribution in [2.45, 2.75) is 19.9 Å². The van der Waals surface area contributed by atoms with E-state index in [0.29, 0.717) is 31.6 Å². The molecule has 0 aliphatic rings. The van der Waals surface area contributed by atoms with Crippen LogP contribution < -0.4 is 16.2 Å². The van der Waals surface area contributed by atoms with Gasteiger partial charge in [0.25, 0.3) is 17.4 Å². The van der Waals surface area contributed by atoms with Crippen molar-refractivity contribution in [3.8, 4) is 0 Å². The maximum absolute atomic E-state index is 12.0. The van der Waals surface area contributed by atoms with Gasteiger partial charge >= 0.3 is 0 Å². The maximum Gasteiger partial charge on any atom is 0.271 e. The van der Waals surface area contributed by atoms with E-state index in [9.17, 15) is 14.4 Å². The molecule has 1 heterocycles. The molecular formula is C17H19BrN4O3. The van der Waals surface area contributed by atoms with Crippen LogP contribution in [0.15, 0.2) is 45.7 Å². The predicted molar refractivity (Wildman–Crippen MR) is 97.6 cm³/mol. The largest absolute Gasteiger partial charge is 0.352 e. The van der Waals surface area contributed by atoms with Crippen molar-refractivity contribution in [1.29, 1.82) is 0 Å². The molecule has 1 aromatic heterocycles. The predicted octanol–water partition coefficient (Wildman–Crippen LogP) is 1.58. The number of benzene rings is 1. The first-order valence-electron chi connectivity index (χ1n) is 7.91. The summed E-state index contributed by atoms with van der Waals surface area (Å²) in [6.07, 6.45) is 0.585. The van der Waals surface area contributed by atoms with E-state index in [1.165, 1.54) is 16.8 Å². The Kier molecular flexibility index (Phi) is 6.88. The smallest absolute Gasteiger partial charge is 0.271 e. The van der Waals surface area contributed by atoms with Crippen molar-refractivity contribution < 1.29 is 9.59 Å². The van der Waals surface area contributed by atoms with Gasteiger partial charge in [0.1, 0.15) is 5.69 Å². The Morgan fingerprint density at radius 1 is 1.04 bits per heavy atom. The van der Waals surface area contributed by atoms with Gasteiger partial charge in [0.05, 0.1) is 0 Å². The average molecular weight is 407 g/mol. The molecule has 0 bridgehead atoms. The highest BCUT2D eigenvalue weighted by Crippen LogP contribution is 2.10. The van der Waals surface area contributed by atoms with Crippen molar-refractivity contribution >= 4 is 27.7 Å². The summed E-state index contributed by atoms with van der Waals surface area (Å²) in [4.78, 5) is 35.4. The Balaban J connectivity index is 1.74. The highest BCUT2D eigenvalue weighted by Gasteiger charge is 2.09. The van der Waals surface area contributed by atoms with E-state index in [0.717, 1.165) is 4.47 Å². The zero-order valence-electron chi connectivity index (χ0n) is 13.8. The van der Waals surface area contributed by atoms with Crippen LogP contribution in [0.25, 0.3) is 0 Å². The normalized spacial score (nSPS) is 10.3. The molecule has 0 saturated heterocycles. The van der Waals surface area contributed by atoms with E-state index >= 15 is 0 Å². The van der Waals surface area contributed by atoms with Crippen molar-refractivity contribution in [2.24, 2.45) is 0 Å². The van der Waals surface area contributed by atoms with Crippen molar-refractivity contribution in [2.75, 3.05) is 13.1 Å². The number of hydrogen-bond acceptors (Lipinski definition) is 4. The number of aromatic nitrogens is 2. The number of carbonyl (C=O) groups is 2. The molecule has 0 fully saturated rings. The van der Waals surface area contributed by atoms with Crippen LogP contribution in [-0.2, 0) is 6.54 Å². The van der Waals surface area contributed by atoms with E-state index in [-0.39, 0.29) is 23.1 Å². The van der Waals surface area contributed by atoms with Gasteiger partial charge in [-0.25, -0.2) is 4.68 Å². The van der Waals surface area contributed by atoms with Crippen LogP contribution >= 0.6 is 15.9 Å². The summed E-state index contributed by atoms with van der Waals surface area (Å²) in [5.41, 5.74) is 0.535. The highest BCUT2D eigenvalue weighted by molar-refractivity contribution is 9.10. The second-order valence-electron chi connectivity index (χ2n) is 5.24. The van der Waals surface area contributed by atoms with Gasteiger partial charge in [-0.05, 0) is 43.7 Å². The van der Waals surface area contributed by atoms with Gasteiger partial charge in [0, 0.05) is 35.7 Å². The van der Waals surface area contributed by atoms with Crippen molar-refractivity contribution in [3.05, 3.63) is 62.5 Å². The zero-order chi connectivity index (χ0) is 18.2. The molecule has 2 rings (SSSR count). The summed E-state index contributed by atoms with van der Waals surface area (Å²) in [5, 5.41) is 9.49. The number of nitrogens with one attached hydrogen (secondary N) is 2.